The van der Waals surface area contributed by atoms with E-state index in [4.69, 9.17) is 4.18 Å². The first-order chi connectivity index (χ1) is 9.44. The molecule has 106 valence electrons. The van der Waals surface area contributed by atoms with Gasteiger partial charge in [-0.3, -0.25) is 4.18 Å². The third kappa shape index (κ3) is 4.40. The van der Waals surface area contributed by atoms with Crippen molar-refractivity contribution in [1.29, 1.82) is 0 Å². The van der Waals surface area contributed by atoms with Crippen molar-refractivity contribution in [3.8, 4) is 0 Å². The van der Waals surface area contributed by atoms with Gasteiger partial charge in [-0.05, 0) is 23.3 Å². The smallest absolute Gasteiger partial charge is 0.265 e. The summed E-state index contributed by atoms with van der Waals surface area (Å²) in [6.07, 6.45) is 0. The molecule has 0 heterocycles. The molecule has 0 bridgehead atoms. The Kier molecular flexibility index (Phi) is 4.46. The summed E-state index contributed by atoms with van der Waals surface area (Å²) in [7, 11) is -3.80. The monoisotopic (exact) mass is 298 g/mol. The number of benzene rings is 2. The number of rotatable bonds is 5. The van der Waals surface area contributed by atoms with Gasteiger partial charge in [0.25, 0.3) is 10.1 Å². The molecule has 0 aliphatic rings. The summed E-state index contributed by atoms with van der Waals surface area (Å²) in [4.78, 5) is 0. The Labute approximate surface area is 115 Å². The molecule has 2 aromatic carbocycles. The van der Waals surface area contributed by atoms with E-state index in [1.54, 1.807) is 30.3 Å². The maximum atomic E-state index is 12.9. The molecule has 0 aromatic heterocycles. The average Bonchev–Trinajstić information content (AvgIpc) is 2.36. The van der Waals surface area contributed by atoms with Gasteiger partial charge in [-0.15, -0.1) is 0 Å². The second kappa shape index (κ2) is 6.11. The van der Waals surface area contributed by atoms with Crippen LogP contribution in [0.4, 0.5) is 8.78 Å². The molecule has 0 saturated carbocycles. The first-order valence-electron chi connectivity index (χ1n) is 5.81. The molecule has 0 saturated heterocycles. The zero-order valence-electron chi connectivity index (χ0n) is 10.4. The van der Waals surface area contributed by atoms with Crippen molar-refractivity contribution in [3.63, 3.8) is 0 Å². The molecule has 0 radical (unpaired) electrons. The predicted molar refractivity (Wildman–Crippen MR) is 70.2 cm³/mol. The van der Waals surface area contributed by atoms with Crippen LogP contribution in [0.2, 0.25) is 0 Å². The summed E-state index contributed by atoms with van der Waals surface area (Å²) in [6.45, 7) is -0.399. The SMILES string of the molecule is O=S(=O)(Cc1ccccc1)OCc1cc(F)cc(F)c1. The van der Waals surface area contributed by atoms with Gasteiger partial charge in [0.2, 0.25) is 0 Å². The molecule has 0 amide bonds. The fraction of sp³-hybridized carbons (Fsp3) is 0.143. The van der Waals surface area contributed by atoms with E-state index in [1.165, 1.54) is 0 Å². The van der Waals surface area contributed by atoms with E-state index in [0.29, 0.717) is 11.6 Å². The van der Waals surface area contributed by atoms with Crippen LogP contribution < -0.4 is 0 Å². The standard InChI is InChI=1S/C14H12F2O3S/c15-13-6-12(7-14(16)8-13)9-19-20(17,18)10-11-4-2-1-3-5-11/h1-8H,9-10H2. The number of hydrogen-bond donors (Lipinski definition) is 0. The molecule has 0 fully saturated rings. The quantitative estimate of drug-likeness (QED) is 0.797. The van der Waals surface area contributed by atoms with Crippen molar-refractivity contribution in [3.05, 3.63) is 71.3 Å². The van der Waals surface area contributed by atoms with Gasteiger partial charge in [-0.2, -0.15) is 8.42 Å². The molecular weight excluding hydrogens is 286 g/mol. The van der Waals surface area contributed by atoms with Crippen molar-refractivity contribution in [2.45, 2.75) is 12.4 Å². The highest BCUT2D eigenvalue weighted by atomic mass is 32.2. The Hall–Kier alpha value is -1.79. The van der Waals surface area contributed by atoms with Gasteiger partial charge in [0.1, 0.15) is 17.4 Å². The molecule has 0 aliphatic heterocycles. The summed E-state index contributed by atoms with van der Waals surface area (Å²) in [5.41, 5.74) is 0.706. The third-order valence-corrected chi connectivity index (χ3v) is 3.68. The minimum Gasteiger partial charge on any atom is -0.265 e. The Bertz CT molecular complexity index is 665. The zero-order chi connectivity index (χ0) is 14.6. The largest absolute Gasteiger partial charge is 0.271 e. The summed E-state index contributed by atoms with van der Waals surface area (Å²) >= 11 is 0. The second-order valence-corrected chi connectivity index (χ2v) is 5.87. The average molecular weight is 298 g/mol. The molecule has 0 N–H and O–H groups in total. The van der Waals surface area contributed by atoms with Crippen LogP contribution in [-0.4, -0.2) is 8.42 Å². The molecule has 6 heteroatoms. The first kappa shape index (κ1) is 14.6. The van der Waals surface area contributed by atoms with Gasteiger partial charge in [0.05, 0.1) is 6.61 Å². The fourth-order valence-electron chi connectivity index (χ4n) is 1.67. The second-order valence-electron chi connectivity index (χ2n) is 4.23. The van der Waals surface area contributed by atoms with Crippen LogP contribution in [0.25, 0.3) is 0 Å². The van der Waals surface area contributed by atoms with E-state index < -0.39 is 28.4 Å². The van der Waals surface area contributed by atoms with Gasteiger partial charge in [-0.25, -0.2) is 8.78 Å². The van der Waals surface area contributed by atoms with Crippen molar-refractivity contribution in [2.75, 3.05) is 0 Å². The highest BCUT2D eigenvalue weighted by Crippen LogP contribution is 2.13. The molecule has 20 heavy (non-hydrogen) atoms. The van der Waals surface area contributed by atoms with E-state index >= 15 is 0 Å². The summed E-state index contributed by atoms with van der Waals surface area (Å²) < 4.78 is 54.1. The molecule has 0 aliphatic carbocycles. The van der Waals surface area contributed by atoms with Crippen LogP contribution in [0.1, 0.15) is 11.1 Å². The van der Waals surface area contributed by atoms with E-state index in [1.807, 2.05) is 0 Å². The molecular formula is C14H12F2O3S. The zero-order valence-corrected chi connectivity index (χ0v) is 11.2. The summed E-state index contributed by atoms with van der Waals surface area (Å²) in [6, 6.07) is 11.3. The van der Waals surface area contributed by atoms with Gasteiger partial charge < -0.3 is 0 Å². The van der Waals surface area contributed by atoms with E-state index in [2.05, 4.69) is 0 Å². The van der Waals surface area contributed by atoms with Crippen LogP contribution in [0, 0.1) is 11.6 Å². The Morgan fingerprint density at radius 2 is 1.50 bits per heavy atom. The number of hydrogen-bond acceptors (Lipinski definition) is 3. The minimum atomic E-state index is -3.80. The van der Waals surface area contributed by atoms with Gasteiger partial charge in [-0.1, -0.05) is 30.3 Å². The Morgan fingerprint density at radius 3 is 2.10 bits per heavy atom. The molecule has 0 unspecified atom stereocenters. The maximum absolute atomic E-state index is 12.9. The molecule has 3 nitrogen and oxygen atoms in total. The van der Waals surface area contributed by atoms with Gasteiger partial charge in [0.15, 0.2) is 0 Å². The van der Waals surface area contributed by atoms with Gasteiger partial charge in [0, 0.05) is 6.07 Å². The van der Waals surface area contributed by atoms with E-state index in [9.17, 15) is 17.2 Å². The van der Waals surface area contributed by atoms with Crippen molar-refractivity contribution >= 4 is 10.1 Å². The maximum Gasteiger partial charge on any atom is 0.271 e. The number of halogens is 2. The van der Waals surface area contributed by atoms with E-state index in [0.717, 1.165) is 12.1 Å². The first-order valence-corrected chi connectivity index (χ1v) is 7.38. The highest BCUT2D eigenvalue weighted by molar-refractivity contribution is 7.85. The lowest BCUT2D eigenvalue weighted by molar-refractivity contribution is 0.306. The minimum absolute atomic E-state index is 0.124. The normalized spacial score (nSPS) is 11.5. The molecule has 0 atom stereocenters. The van der Waals surface area contributed by atoms with Crippen LogP contribution in [0.3, 0.4) is 0 Å². The third-order valence-electron chi connectivity index (χ3n) is 2.51. The Morgan fingerprint density at radius 1 is 0.900 bits per heavy atom. The molecule has 2 rings (SSSR count). The lowest BCUT2D eigenvalue weighted by Crippen LogP contribution is -2.09. The van der Waals surface area contributed by atoms with Crippen LogP contribution in [-0.2, 0) is 26.7 Å². The van der Waals surface area contributed by atoms with Crippen molar-refractivity contribution in [1.82, 2.24) is 0 Å². The topological polar surface area (TPSA) is 43.4 Å². The van der Waals surface area contributed by atoms with Gasteiger partial charge >= 0.3 is 0 Å². The predicted octanol–water partition coefficient (Wildman–Crippen LogP) is 3.01. The molecule has 0 spiro atoms. The van der Waals surface area contributed by atoms with Crippen LogP contribution in [0.15, 0.2) is 48.5 Å². The van der Waals surface area contributed by atoms with Crippen molar-refractivity contribution < 1.29 is 21.4 Å². The highest BCUT2D eigenvalue weighted by Gasteiger charge is 2.13. The Balaban J connectivity index is 2.02. The summed E-state index contributed by atoms with van der Waals surface area (Å²) in [5.74, 6) is -1.83. The van der Waals surface area contributed by atoms with E-state index in [-0.39, 0.29) is 11.3 Å². The lowest BCUT2D eigenvalue weighted by Gasteiger charge is -2.06. The van der Waals surface area contributed by atoms with Crippen LogP contribution in [0.5, 0.6) is 0 Å². The van der Waals surface area contributed by atoms with Crippen LogP contribution >= 0.6 is 0 Å². The fourth-order valence-corrected chi connectivity index (χ4v) is 2.67. The van der Waals surface area contributed by atoms with Crippen molar-refractivity contribution in [2.24, 2.45) is 0 Å². The molecule has 2 aromatic rings. The summed E-state index contributed by atoms with van der Waals surface area (Å²) in [5, 5.41) is 0. The lowest BCUT2D eigenvalue weighted by atomic mass is 10.2.